The number of anilines is 3. The fourth-order valence-corrected chi connectivity index (χ4v) is 4.60. The first kappa shape index (κ1) is 24.2. The molecule has 0 radical (unpaired) electrons. The van der Waals surface area contributed by atoms with E-state index >= 15 is 0 Å². The van der Waals surface area contributed by atoms with Crippen LogP contribution in [0.15, 0.2) is 127 Å². The monoisotopic (exact) mass is 525 g/mol. The molecule has 36 heavy (non-hydrogen) atoms. The summed E-state index contributed by atoms with van der Waals surface area (Å²) in [5.74, 6) is 0. The fourth-order valence-electron chi connectivity index (χ4n) is 4.12. The van der Waals surface area contributed by atoms with E-state index in [0.717, 1.165) is 39.3 Å². The van der Waals surface area contributed by atoms with Crippen LogP contribution in [-0.2, 0) is 0 Å². The lowest BCUT2D eigenvalue weighted by molar-refractivity contribution is 1.28. The molecule has 0 bridgehead atoms. The van der Waals surface area contributed by atoms with E-state index in [-0.39, 0.29) is 0 Å². The summed E-state index contributed by atoms with van der Waals surface area (Å²) in [7, 11) is 0. The number of nitrogens with zero attached hydrogens (tertiary/aromatic N) is 1. The normalized spacial score (nSPS) is 10.6. The molecule has 0 amide bonds. The van der Waals surface area contributed by atoms with Gasteiger partial charge in [-0.05, 0) is 89.0 Å². The van der Waals surface area contributed by atoms with Crippen molar-refractivity contribution in [3.05, 3.63) is 159 Å². The highest BCUT2D eigenvalue weighted by molar-refractivity contribution is 6.33. The zero-order chi connectivity index (χ0) is 24.9. The van der Waals surface area contributed by atoms with Crippen LogP contribution in [0.4, 0.5) is 17.1 Å². The Morgan fingerprint density at radius 1 is 0.500 bits per heavy atom. The van der Waals surface area contributed by atoms with Gasteiger partial charge in [-0.25, -0.2) is 0 Å². The van der Waals surface area contributed by atoms with Crippen LogP contribution in [0.5, 0.6) is 0 Å². The van der Waals surface area contributed by atoms with Crippen molar-refractivity contribution >= 4 is 63.5 Å². The predicted molar refractivity (Wildman–Crippen MR) is 156 cm³/mol. The fraction of sp³-hybridized carbons (Fsp3) is 0. The van der Waals surface area contributed by atoms with Crippen LogP contribution in [-0.4, -0.2) is 0 Å². The van der Waals surface area contributed by atoms with E-state index in [1.807, 2.05) is 91.0 Å². The van der Waals surface area contributed by atoms with Crippen molar-refractivity contribution in [2.75, 3.05) is 4.90 Å². The Bertz CT molecular complexity index is 1390. The van der Waals surface area contributed by atoms with Crippen molar-refractivity contribution in [2.24, 2.45) is 0 Å². The van der Waals surface area contributed by atoms with Crippen LogP contribution in [0.2, 0.25) is 15.1 Å². The second kappa shape index (κ2) is 11.1. The minimum Gasteiger partial charge on any atom is -0.310 e. The van der Waals surface area contributed by atoms with Crippen molar-refractivity contribution in [3.8, 4) is 0 Å². The van der Waals surface area contributed by atoms with E-state index in [2.05, 4.69) is 47.4 Å². The van der Waals surface area contributed by atoms with Crippen molar-refractivity contribution in [2.45, 2.75) is 0 Å². The molecule has 0 aliphatic carbocycles. The van der Waals surface area contributed by atoms with Crippen LogP contribution in [0, 0.1) is 0 Å². The quantitative estimate of drug-likeness (QED) is 0.199. The molecule has 0 saturated carbocycles. The van der Waals surface area contributed by atoms with Crippen LogP contribution in [0.3, 0.4) is 0 Å². The van der Waals surface area contributed by atoms with Gasteiger partial charge in [-0.15, -0.1) is 0 Å². The number of benzene rings is 5. The third-order valence-electron chi connectivity index (χ3n) is 5.88. The van der Waals surface area contributed by atoms with Gasteiger partial charge in [0.05, 0.1) is 0 Å². The van der Waals surface area contributed by atoms with E-state index in [1.54, 1.807) is 0 Å². The first-order valence-corrected chi connectivity index (χ1v) is 12.7. The molecule has 4 heteroatoms. The van der Waals surface area contributed by atoms with E-state index in [1.165, 1.54) is 0 Å². The van der Waals surface area contributed by atoms with Gasteiger partial charge in [-0.1, -0.05) is 102 Å². The Balaban J connectivity index is 1.59. The Labute approximate surface area is 226 Å². The minimum atomic E-state index is 0.657. The second-order valence-electron chi connectivity index (χ2n) is 8.28. The summed E-state index contributed by atoms with van der Waals surface area (Å²) in [6.07, 6.45) is 2.11. The van der Waals surface area contributed by atoms with E-state index in [0.29, 0.717) is 15.1 Å². The summed E-state index contributed by atoms with van der Waals surface area (Å²) >= 11 is 19.2. The van der Waals surface area contributed by atoms with E-state index in [4.69, 9.17) is 34.8 Å². The van der Waals surface area contributed by atoms with Gasteiger partial charge >= 0.3 is 0 Å². The largest absolute Gasteiger partial charge is 0.310 e. The maximum absolute atomic E-state index is 6.90. The van der Waals surface area contributed by atoms with Crippen molar-refractivity contribution < 1.29 is 0 Å². The highest BCUT2D eigenvalue weighted by Crippen LogP contribution is 2.37. The van der Waals surface area contributed by atoms with Crippen LogP contribution < -0.4 is 4.90 Å². The van der Waals surface area contributed by atoms with Gasteiger partial charge in [0.25, 0.3) is 0 Å². The molecular formula is C32H22Cl3N. The third-order valence-corrected chi connectivity index (χ3v) is 6.71. The first-order chi connectivity index (χ1) is 17.6. The maximum Gasteiger partial charge on any atom is 0.0499 e. The molecule has 0 aliphatic heterocycles. The molecule has 0 atom stereocenters. The van der Waals surface area contributed by atoms with Gasteiger partial charge in [0.1, 0.15) is 0 Å². The second-order valence-corrected chi connectivity index (χ2v) is 9.56. The molecule has 0 N–H and O–H groups in total. The molecule has 5 aromatic rings. The minimum absolute atomic E-state index is 0.657. The van der Waals surface area contributed by atoms with Crippen LogP contribution >= 0.6 is 34.8 Å². The number of halogens is 3. The molecular weight excluding hydrogens is 505 g/mol. The molecule has 0 aliphatic rings. The van der Waals surface area contributed by atoms with Gasteiger partial charge in [0.2, 0.25) is 0 Å². The summed E-state index contributed by atoms with van der Waals surface area (Å²) in [5.41, 5.74) is 7.13. The zero-order valence-electron chi connectivity index (χ0n) is 19.3. The third kappa shape index (κ3) is 5.50. The summed E-state index contributed by atoms with van der Waals surface area (Å²) in [5, 5.41) is 2.04. The Morgan fingerprint density at radius 3 is 1.42 bits per heavy atom. The molecule has 176 valence electrons. The standard InChI is InChI=1S/C32H22Cl3N/c33-26-16-11-23(12-17-26)31(24-13-18-27(34)19-14-24)21-25-15-20-30(22-32(25)35)36(28-7-3-1-4-8-28)29-9-5-2-6-10-29/h1-22H. The van der Waals surface area contributed by atoms with Crippen molar-refractivity contribution in [1.29, 1.82) is 0 Å². The number of hydrogen-bond acceptors (Lipinski definition) is 1. The SMILES string of the molecule is Clc1ccc(C(=Cc2ccc(N(c3ccccc3)c3ccccc3)cc2Cl)c2ccc(Cl)cc2)cc1. The van der Waals surface area contributed by atoms with Crippen LogP contribution in [0.25, 0.3) is 11.6 Å². The highest BCUT2D eigenvalue weighted by Gasteiger charge is 2.14. The molecule has 0 aromatic heterocycles. The molecule has 0 spiro atoms. The molecule has 5 rings (SSSR count). The Hall–Kier alpha value is -3.49. The number of rotatable bonds is 6. The smallest absolute Gasteiger partial charge is 0.0499 e. The predicted octanol–water partition coefficient (Wildman–Crippen LogP) is 10.7. The van der Waals surface area contributed by atoms with Gasteiger partial charge in [0, 0.05) is 32.1 Å². The van der Waals surface area contributed by atoms with Crippen molar-refractivity contribution in [3.63, 3.8) is 0 Å². The van der Waals surface area contributed by atoms with Gasteiger partial charge in [0.15, 0.2) is 0 Å². The number of hydrogen-bond donors (Lipinski definition) is 0. The Kier molecular flexibility index (Phi) is 7.44. The number of para-hydroxylation sites is 2. The molecule has 5 aromatic carbocycles. The molecule has 0 fully saturated rings. The van der Waals surface area contributed by atoms with Crippen LogP contribution in [0.1, 0.15) is 16.7 Å². The van der Waals surface area contributed by atoms with E-state index in [9.17, 15) is 0 Å². The Morgan fingerprint density at radius 2 is 0.972 bits per heavy atom. The summed E-state index contributed by atoms with van der Waals surface area (Å²) in [6, 6.07) is 42.3. The highest BCUT2D eigenvalue weighted by atomic mass is 35.5. The summed E-state index contributed by atoms with van der Waals surface area (Å²) < 4.78 is 0. The zero-order valence-corrected chi connectivity index (χ0v) is 21.6. The lowest BCUT2D eigenvalue weighted by atomic mass is 9.95. The average molecular weight is 527 g/mol. The van der Waals surface area contributed by atoms with Gasteiger partial charge in [-0.3, -0.25) is 0 Å². The van der Waals surface area contributed by atoms with Gasteiger partial charge in [-0.2, -0.15) is 0 Å². The molecule has 0 unspecified atom stereocenters. The van der Waals surface area contributed by atoms with Crippen molar-refractivity contribution in [1.82, 2.24) is 0 Å². The summed E-state index contributed by atoms with van der Waals surface area (Å²) in [4.78, 5) is 2.19. The van der Waals surface area contributed by atoms with E-state index < -0.39 is 0 Å². The molecule has 0 heterocycles. The topological polar surface area (TPSA) is 3.24 Å². The maximum atomic E-state index is 6.90. The average Bonchev–Trinajstić information content (AvgIpc) is 2.91. The molecule has 0 saturated heterocycles. The lowest BCUT2D eigenvalue weighted by Gasteiger charge is -2.25. The lowest BCUT2D eigenvalue weighted by Crippen LogP contribution is -2.09. The first-order valence-electron chi connectivity index (χ1n) is 11.5. The van der Waals surface area contributed by atoms with Gasteiger partial charge < -0.3 is 4.90 Å². The molecule has 1 nitrogen and oxygen atoms in total. The summed E-state index contributed by atoms with van der Waals surface area (Å²) in [6.45, 7) is 0.